The number of halogens is 1. The smallest absolute Gasteiger partial charge is 0.142 e. The second kappa shape index (κ2) is 6.48. The Hall–Kier alpha value is -1.61. The van der Waals surface area contributed by atoms with Crippen LogP contribution < -0.4 is 0 Å². The van der Waals surface area contributed by atoms with Gasteiger partial charge in [-0.1, -0.05) is 65.5 Å². The summed E-state index contributed by atoms with van der Waals surface area (Å²) in [5.41, 5.74) is 3.53. The molecule has 2 nitrogen and oxygen atoms in total. The lowest BCUT2D eigenvalue weighted by Crippen LogP contribution is -2.15. The number of nitrogens with zero attached hydrogens (tertiary/aromatic N) is 2. The summed E-state index contributed by atoms with van der Waals surface area (Å²) in [6.07, 6.45) is 6.85. The highest BCUT2D eigenvalue weighted by Gasteiger charge is 2.19. The Morgan fingerprint density at radius 3 is 2.52 bits per heavy atom. The second-order valence-electron chi connectivity index (χ2n) is 6.52. The molecule has 1 aromatic heterocycles. The first-order valence-electron chi connectivity index (χ1n) is 8.53. The van der Waals surface area contributed by atoms with Crippen LogP contribution in [0.25, 0.3) is 22.4 Å². The molecule has 1 heterocycles. The Morgan fingerprint density at radius 2 is 1.70 bits per heavy atom. The van der Waals surface area contributed by atoms with Gasteiger partial charge in [-0.2, -0.15) is 0 Å². The molecule has 1 aliphatic carbocycles. The van der Waals surface area contributed by atoms with E-state index in [1.807, 2.05) is 0 Å². The fourth-order valence-electron chi connectivity index (χ4n) is 3.74. The van der Waals surface area contributed by atoms with E-state index in [-0.39, 0.29) is 0 Å². The van der Waals surface area contributed by atoms with Gasteiger partial charge in [0.05, 0.1) is 11.0 Å². The molecule has 3 aromatic rings. The van der Waals surface area contributed by atoms with E-state index in [2.05, 4.69) is 69.0 Å². The predicted molar refractivity (Wildman–Crippen MR) is 99.4 cm³/mol. The number of benzene rings is 2. The normalized spacial score (nSPS) is 16.0. The van der Waals surface area contributed by atoms with Crippen molar-refractivity contribution < 1.29 is 0 Å². The van der Waals surface area contributed by atoms with Gasteiger partial charge in [0.25, 0.3) is 0 Å². The summed E-state index contributed by atoms with van der Waals surface area (Å²) < 4.78 is 3.55. The van der Waals surface area contributed by atoms with Gasteiger partial charge in [0.15, 0.2) is 0 Å². The summed E-state index contributed by atoms with van der Waals surface area (Å²) in [6, 6.07) is 16.9. The lowest BCUT2D eigenvalue weighted by atomic mass is 9.89. The minimum Gasteiger partial charge on any atom is -0.324 e. The van der Waals surface area contributed by atoms with Crippen molar-refractivity contribution in [3.8, 4) is 11.4 Å². The summed E-state index contributed by atoms with van der Waals surface area (Å²) in [5, 5.41) is 0. The quantitative estimate of drug-likeness (QED) is 0.550. The predicted octanol–water partition coefficient (Wildman–Crippen LogP) is 6.05. The Morgan fingerprint density at radius 1 is 0.957 bits per heavy atom. The number of hydrogen-bond acceptors (Lipinski definition) is 1. The van der Waals surface area contributed by atoms with Crippen molar-refractivity contribution in [2.75, 3.05) is 0 Å². The average molecular weight is 369 g/mol. The molecule has 1 fully saturated rings. The molecule has 2 aromatic carbocycles. The molecule has 0 N–H and O–H groups in total. The molecule has 1 aliphatic rings. The van der Waals surface area contributed by atoms with Gasteiger partial charge in [0.1, 0.15) is 5.82 Å². The first-order valence-corrected chi connectivity index (χ1v) is 9.32. The van der Waals surface area contributed by atoms with Crippen LogP contribution in [-0.4, -0.2) is 9.55 Å². The van der Waals surface area contributed by atoms with Gasteiger partial charge in [-0.05, 0) is 37.0 Å². The van der Waals surface area contributed by atoms with Gasteiger partial charge in [-0.25, -0.2) is 4.98 Å². The fourth-order valence-corrected chi connectivity index (χ4v) is 4.20. The van der Waals surface area contributed by atoms with E-state index in [1.165, 1.54) is 43.2 Å². The van der Waals surface area contributed by atoms with E-state index in [1.54, 1.807) is 0 Å². The molecule has 0 aliphatic heterocycles. The molecule has 23 heavy (non-hydrogen) atoms. The molecule has 118 valence electrons. The Bertz CT molecular complexity index is 815. The van der Waals surface area contributed by atoms with Crippen LogP contribution >= 0.6 is 15.9 Å². The molecule has 4 rings (SSSR count). The summed E-state index contributed by atoms with van der Waals surface area (Å²) in [6.45, 7) is 1.08. The van der Waals surface area contributed by atoms with Crippen LogP contribution in [0.5, 0.6) is 0 Å². The van der Waals surface area contributed by atoms with Gasteiger partial charge < -0.3 is 4.57 Å². The topological polar surface area (TPSA) is 17.8 Å². The van der Waals surface area contributed by atoms with Gasteiger partial charge >= 0.3 is 0 Å². The highest BCUT2D eigenvalue weighted by molar-refractivity contribution is 9.10. The van der Waals surface area contributed by atoms with Crippen LogP contribution in [0.3, 0.4) is 0 Å². The van der Waals surface area contributed by atoms with Gasteiger partial charge in [0.2, 0.25) is 0 Å². The maximum Gasteiger partial charge on any atom is 0.142 e. The molecular formula is C20H21BrN2. The zero-order chi connectivity index (χ0) is 15.6. The monoisotopic (exact) mass is 368 g/mol. The number of fused-ring (bicyclic) bond motifs is 1. The van der Waals surface area contributed by atoms with E-state index < -0.39 is 0 Å². The van der Waals surface area contributed by atoms with Gasteiger partial charge in [-0.15, -0.1) is 0 Å². The van der Waals surface area contributed by atoms with E-state index in [0.717, 1.165) is 28.3 Å². The number of imidazole rings is 1. The van der Waals surface area contributed by atoms with Crippen molar-refractivity contribution in [1.82, 2.24) is 9.55 Å². The zero-order valence-electron chi connectivity index (χ0n) is 13.2. The number of aromatic nitrogens is 2. The summed E-state index contributed by atoms with van der Waals surface area (Å²) in [4.78, 5) is 4.94. The second-order valence-corrected chi connectivity index (χ2v) is 7.37. The van der Waals surface area contributed by atoms with Crippen molar-refractivity contribution in [1.29, 1.82) is 0 Å². The molecule has 0 atom stereocenters. The molecule has 0 radical (unpaired) electrons. The van der Waals surface area contributed by atoms with Crippen molar-refractivity contribution in [2.24, 2.45) is 5.92 Å². The standard InChI is InChI=1S/C20H21BrN2/c21-17-11-5-4-10-16(17)20-22-18-12-6-7-13-19(18)23(20)14-15-8-2-1-3-9-15/h4-7,10-13,15H,1-3,8-9,14H2. The molecular weight excluding hydrogens is 348 g/mol. The molecule has 0 spiro atoms. The average Bonchev–Trinajstić information content (AvgIpc) is 2.95. The van der Waals surface area contributed by atoms with E-state index in [9.17, 15) is 0 Å². The van der Waals surface area contributed by atoms with Crippen LogP contribution in [0.15, 0.2) is 53.0 Å². The third-order valence-corrected chi connectivity index (χ3v) is 5.63. The molecule has 0 saturated heterocycles. The fraction of sp³-hybridized carbons (Fsp3) is 0.350. The SMILES string of the molecule is Brc1ccccc1-c1nc2ccccc2n1CC1CCCCC1. The van der Waals surface area contributed by atoms with E-state index >= 15 is 0 Å². The summed E-state index contributed by atoms with van der Waals surface area (Å²) in [5.74, 6) is 1.87. The van der Waals surface area contributed by atoms with Crippen molar-refractivity contribution in [3.63, 3.8) is 0 Å². The van der Waals surface area contributed by atoms with Crippen LogP contribution in [0.1, 0.15) is 32.1 Å². The molecule has 0 amide bonds. The van der Waals surface area contributed by atoms with Crippen molar-refractivity contribution in [2.45, 2.75) is 38.6 Å². The minimum atomic E-state index is 0.780. The third kappa shape index (κ3) is 2.94. The molecule has 0 bridgehead atoms. The molecule has 0 unspecified atom stereocenters. The lowest BCUT2D eigenvalue weighted by molar-refractivity contribution is 0.323. The van der Waals surface area contributed by atoms with Crippen LogP contribution in [-0.2, 0) is 6.54 Å². The number of para-hydroxylation sites is 2. The maximum absolute atomic E-state index is 4.94. The highest BCUT2D eigenvalue weighted by atomic mass is 79.9. The van der Waals surface area contributed by atoms with Gasteiger partial charge in [-0.3, -0.25) is 0 Å². The van der Waals surface area contributed by atoms with Crippen molar-refractivity contribution in [3.05, 3.63) is 53.0 Å². The highest BCUT2D eigenvalue weighted by Crippen LogP contribution is 2.33. The Labute approximate surface area is 145 Å². The zero-order valence-corrected chi connectivity index (χ0v) is 14.8. The number of hydrogen-bond donors (Lipinski definition) is 0. The minimum absolute atomic E-state index is 0.780. The Kier molecular flexibility index (Phi) is 4.21. The van der Waals surface area contributed by atoms with Gasteiger partial charge in [0, 0.05) is 16.6 Å². The maximum atomic E-state index is 4.94. The van der Waals surface area contributed by atoms with Crippen LogP contribution in [0, 0.1) is 5.92 Å². The molecule has 1 saturated carbocycles. The van der Waals surface area contributed by atoms with Crippen LogP contribution in [0.2, 0.25) is 0 Å². The van der Waals surface area contributed by atoms with E-state index in [4.69, 9.17) is 4.98 Å². The summed E-state index contributed by atoms with van der Waals surface area (Å²) in [7, 11) is 0. The molecule has 3 heteroatoms. The first kappa shape index (κ1) is 14.9. The largest absolute Gasteiger partial charge is 0.324 e. The van der Waals surface area contributed by atoms with Crippen LogP contribution in [0.4, 0.5) is 0 Å². The van der Waals surface area contributed by atoms with E-state index in [0.29, 0.717) is 0 Å². The lowest BCUT2D eigenvalue weighted by Gasteiger charge is -2.23. The third-order valence-electron chi connectivity index (χ3n) is 4.93. The first-order chi connectivity index (χ1) is 11.3. The number of rotatable bonds is 3. The Balaban J connectivity index is 1.83. The summed E-state index contributed by atoms with van der Waals surface area (Å²) >= 11 is 3.70. The van der Waals surface area contributed by atoms with Crippen molar-refractivity contribution >= 4 is 27.0 Å².